The molecule has 1 aromatic heterocycles. The number of ether oxygens (including phenoxy) is 1. The summed E-state index contributed by atoms with van der Waals surface area (Å²) in [6, 6.07) is 3.89. The summed E-state index contributed by atoms with van der Waals surface area (Å²) in [6.07, 6.45) is -0.812. The van der Waals surface area contributed by atoms with Crippen LogP contribution in [0.15, 0.2) is 18.2 Å². The Morgan fingerprint density at radius 1 is 1.30 bits per heavy atom. The number of hydrogen-bond donors (Lipinski definition) is 1. The highest BCUT2D eigenvalue weighted by molar-refractivity contribution is 6.30. The number of H-pyrrole nitrogens is 1. The van der Waals surface area contributed by atoms with Gasteiger partial charge in [0.25, 0.3) is 0 Å². The molecule has 1 heterocycles. The van der Waals surface area contributed by atoms with Crippen molar-refractivity contribution in [2.24, 2.45) is 0 Å². The fraction of sp³-hybridized carbons (Fsp3) is 0.294. The van der Waals surface area contributed by atoms with Crippen molar-refractivity contribution in [3.8, 4) is 5.75 Å². The zero-order valence-electron chi connectivity index (χ0n) is 13.3. The first-order chi connectivity index (χ1) is 10.7. The van der Waals surface area contributed by atoms with E-state index in [1.54, 1.807) is 20.8 Å². The van der Waals surface area contributed by atoms with Crippen LogP contribution in [0.25, 0.3) is 0 Å². The standard InChI is InChI=1S/C17H17ClFNO3/c1-8-15(10(3)21)9(2)20-16(8)17(22)11(4)23-12-5-6-14(19)13(18)7-12/h5-7,11,20H,1-4H3/t11-/m0/s1. The Morgan fingerprint density at radius 2 is 1.96 bits per heavy atom. The highest BCUT2D eigenvalue weighted by Gasteiger charge is 2.24. The lowest BCUT2D eigenvalue weighted by molar-refractivity contribution is 0.0812. The monoisotopic (exact) mass is 337 g/mol. The van der Waals surface area contributed by atoms with Crippen LogP contribution in [0.3, 0.4) is 0 Å². The van der Waals surface area contributed by atoms with Gasteiger partial charge >= 0.3 is 0 Å². The molecule has 4 nitrogen and oxygen atoms in total. The Hall–Kier alpha value is -2.14. The molecule has 0 unspecified atom stereocenters. The van der Waals surface area contributed by atoms with Crippen LogP contribution in [0.1, 0.15) is 46.0 Å². The summed E-state index contributed by atoms with van der Waals surface area (Å²) in [4.78, 5) is 27.1. The molecule has 0 radical (unpaired) electrons. The SMILES string of the molecule is CC(=O)c1c(C)[nH]c(C(=O)[C@H](C)Oc2ccc(F)c(Cl)c2)c1C. The van der Waals surface area contributed by atoms with Gasteiger partial charge in [-0.2, -0.15) is 0 Å². The van der Waals surface area contributed by atoms with Gasteiger partial charge in [-0.15, -0.1) is 0 Å². The lowest BCUT2D eigenvalue weighted by Gasteiger charge is -2.14. The number of aromatic nitrogens is 1. The maximum atomic E-state index is 13.1. The Balaban J connectivity index is 2.24. The topological polar surface area (TPSA) is 59.2 Å². The first kappa shape index (κ1) is 17.2. The van der Waals surface area contributed by atoms with E-state index < -0.39 is 11.9 Å². The number of Topliss-reactive ketones (excluding diaryl/α,β-unsaturated/α-hetero) is 2. The van der Waals surface area contributed by atoms with Gasteiger partial charge in [0.05, 0.1) is 10.7 Å². The van der Waals surface area contributed by atoms with E-state index in [0.29, 0.717) is 28.3 Å². The lowest BCUT2D eigenvalue weighted by Crippen LogP contribution is -2.25. The Kier molecular flexibility index (Phi) is 4.90. The molecule has 0 spiro atoms. The molecule has 0 fully saturated rings. The van der Waals surface area contributed by atoms with E-state index in [-0.39, 0.29) is 16.6 Å². The normalized spacial score (nSPS) is 12.1. The van der Waals surface area contributed by atoms with Gasteiger partial charge < -0.3 is 9.72 Å². The van der Waals surface area contributed by atoms with E-state index >= 15 is 0 Å². The van der Waals surface area contributed by atoms with E-state index in [1.807, 2.05) is 0 Å². The maximum Gasteiger partial charge on any atom is 0.219 e. The summed E-state index contributed by atoms with van der Waals surface area (Å²) in [5.74, 6) is -0.655. The van der Waals surface area contributed by atoms with Crippen molar-refractivity contribution in [1.29, 1.82) is 0 Å². The average molecular weight is 338 g/mol. The van der Waals surface area contributed by atoms with Crippen molar-refractivity contribution >= 4 is 23.2 Å². The fourth-order valence-corrected chi connectivity index (χ4v) is 2.71. The molecule has 2 aromatic rings. The molecule has 0 amide bonds. The summed E-state index contributed by atoms with van der Waals surface area (Å²) in [6.45, 7) is 6.50. The number of carbonyl (C=O) groups excluding carboxylic acids is 2. The minimum Gasteiger partial charge on any atom is -0.482 e. The summed E-state index contributed by atoms with van der Waals surface area (Å²) < 4.78 is 18.7. The van der Waals surface area contributed by atoms with Crippen LogP contribution in [0.5, 0.6) is 5.75 Å². The van der Waals surface area contributed by atoms with E-state index in [9.17, 15) is 14.0 Å². The molecule has 6 heteroatoms. The average Bonchev–Trinajstić information content (AvgIpc) is 2.77. The molecule has 0 bridgehead atoms. The number of halogens is 2. The Labute approximate surface area is 138 Å². The van der Waals surface area contributed by atoms with Crippen LogP contribution in [0, 0.1) is 19.7 Å². The van der Waals surface area contributed by atoms with Gasteiger partial charge in [0.1, 0.15) is 11.6 Å². The van der Waals surface area contributed by atoms with Crippen LogP contribution < -0.4 is 4.74 Å². The van der Waals surface area contributed by atoms with Crippen molar-refractivity contribution in [1.82, 2.24) is 4.98 Å². The van der Waals surface area contributed by atoms with Crippen molar-refractivity contribution in [3.05, 3.63) is 51.6 Å². The summed E-state index contributed by atoms with van der Waals surface area (Å²) in [7, 11) is 0. The van der Waals surface area contributed by atoms with Crippen molar-refractivity contribution < 1.29 is 18.7 Å². The lowest BCUT2D eigenvalue weighted by atomic mass is 10.0. The minimum absolute atomic E-state index is 0.0760. The smallest absolute Gasteiger partial charge is 0.219 e. The van der Waals surface area contributed by atoms with Gasteiger partial charge in [0.2, 0.25) is 5.78 Å². The summed E-state index contributed by atoms with van der Waals surface area (Å²) in [5, 5.41) is -0.0760. The molecule has 1 aromatic carbocycles. The van der Waals surface area contributed by atoms with E-state index in [1.165, 1.54) is 25.1 Å². The number of carbonyl (C=O) groups is 2. The molecule has 0 saturated heterocycles. The van der Waals surface area contributed by atoms with Crippen LogP contribution in [-0.4, -0.2) is 22.7 Å². The number of hydrogen-bond acceptors (Lipinski definition) is 3. The molecular weight excluding hydrogens is 321 g/mol. The number of ketones is 2. The molecule has 0 aliphatic rings. The van der Waals surface area contributed by atoms with Gasteiger partial charge in [0.15, 0.2) is 11.9 Å². The maximum absolute atomic E-state index is 13.1. The zero-order chi connectivity index (χ0) is 17.3. The summed E-state index contributed by atoms with van der Waals surface area (Å²) in [5.41, 5.74) is 2.11. The highest BCUT2D eigenvalue weighted by atomic mass is 35.5. The second-order valence-electron chi connectivity index (χ2n) is 5.38. The third-order valence-corrected chi connectivity index (χ3v) is 3.90. The molecule has 1 atom stereocenters. The Morgan fingerprint density at radius 3 is 2.48 bits per heavy atom. The summed E-state index contributed by atoms with van der Waals surface area (Å²) >= 11 is 5.69. The number of aromatic amines is 1. The minimum atomic E-state index is -0.812. The number of aryl methyl sites for hydroxylation is 1. The number of nitrogens with one attached hydrogen (secondary N) is 1. The molecule has 23 heavy (non-hydrogen) atoms. The third-order valence-electron chi connectivity index (χ3n) is 3.61. The van der Waals surface area contributed by atoms with Crippen LogP contribution in [-0.2, 0) is 0 Å². The fourth-order valence-electron chi connectivity index (χ4n) is 2.54. The van der Waals surface area contributed by atoms with Crippen molar-refractivity contribution in [3.63, 3.8) is 0 Å². The molecule has 1 N–H and O–H groups in total. The second kappa shape index (κ2) is 6.54. The number of benzene rings is 1. The number of rotatable bonds is 5. The van der Waals surface area contributed by atoms with Crippen LogP contribution in [0.2, 0.25) is 5.02 Å². The van der Waals surface area contributed by atoms with Crippen LogP contribution >= 0.6 is 11.6 Å². The first-order valence-corrected chi connectivity index (χ1v) is 7.46. The molecule has 122 valence electrons. The molecule has 0 saturated carbocycles. The Bertz CT molecular complexity index is 782. The largest absolute Gasteiger partial charge is 0.482 e. The van der Waals surface area contributed by atoms with Crippen LogP contribution in [0.4, 0.5) is 4.39 Å². The predicted molar refractivity (Wildman–Crippen MR) is 86.1 cm³/mol. The molecular formula is C17H17ClFNO3. The van der Waals surface area contributed by atoms with Gasteiger partial charge in [-0.1, -0.05) is 11.6 Å². The zero-order valence-corrected chi connectivity index (χ0v) is 14.0. The van der Waals surface area contributed by atoms with Gasteiger partial charge in [-0.05, 0) is 45.4 Å². The molecule has 0 aliphatic heterocycles. The van der Waals surface area contributed by atoms with E-state index in [4.69, 9.17) is 16.3 Å². The van der Waals surface area contributed by atoms with Crippen molar-refractivity contribution in [2.75, 3.05) is 0 Å². The molecule has 2 rings (SSSR count). The van der Waals surface area contributed by atoms with E-state index in [2.05, 4.69) is 4.98 Å². The first-order valence-electron chi connectivity index (χ1n) is 7.08. The van der Waals surface area contributed by atoms with E-state index in [0.717, 1.165) is 0 Å². The second-order valence-corrected chi connectivity index (χ2v) is 5.79. The third kappa shape index (κ3) is 3.45. The van der Waals surface area contributed by atoms with Gasteiger partial charge in [-0.25, -0.2) is 4.39 Å². The van der Waals surface area contributed by atoms with Gasteiger partial charge in [0, 0.05) is 17.3 Å². The van der Waals surface area contributed by atoms with Gasteiger partial charge in [-0.3, -0.25) is 9.59 Å². The predicted octanol–water partition coefficient (Wildman–Crippen LogP) is 4.28. The quantitative estimate of drug-likeness (QED) is 0.828. The van der Waals surface area contributed by atoms with Crippen molar-refractivity contribution in [2.45, 2.75) is 33.8 Å². The molecule has 0 aliphatic carbocycles. The highest BCUT2D eigenvalue weighted by Crippen LogP contribution is 2.24.